The van der Waals surface area contributed by atoms with Crippen molar-refractivity contribution in [3.8, 4) is 5.75 Å². The van der Waals surface area contributed by atoms with E-state index in [1.807, 2.05) is 13.0 Å². The quantitative estimate of drug-likeness (QED) is 0.614. The standard InChI is InChI=1S/C14H22FN3O/c1-4-8-17-14(16-3)18-10-11-6-7-13(19-5-2)12(15)9-11/h6-7,9H,4-5,8,10H2,1-3H3,(H2,16,17,18). The molecule has 0 spiro atoms. The van der Waals surface area contributed by atoms with Gasteiger partial charge in [0.1, 0.15) is 0 Å². The molecule has 0 fully saturated rings. The third kappa shape index (κ3) is 5.16. The fourth-order valence-electron chi connectivity index (χ4n) is 1.58. The smallest absolute Gasteiger partial charge is 0.191 e. The van der Waals surface area contributed by atoms with E-state index in [1.165, 1.54) is 6.07 Å². The predicted octanol–water partition coefficient (Wildman–Crippen LogP) is 2.30. The van der Waals surface area contributed by atoms with Gasteiger partial charge in [-0.3, -0.25) is 4.99 Å². The molecule has 0 unspecified atom stereocenters. The SMILES string of the molecule is CCCNC(=NC)NCc1ccc(OCC)c(F)c1. The fourth-order valence-corrected chi connectivity index (χ4v) is 1.58. The van der Waals surface area contributed by atoms with E-state index in [1.54, 1.807) is 13.1 Å². The van der Waals surface area contributed by atoms with Crippen LogP contribution in [0.15, 0.2) is 23.2 Å². The molecule has 0 saturated heterocycles. The minimum atomic E-state index is -0.336. The average Bonchev–Trinajstić information content (AvgIpc) is 2.42. The number of nitrogens with one attached hydrogen (secondary N) is 2. The van der Waals surface area contributed by atoms with E-state index in [-0.39, 0.29) is 5.82 Å². The first-order valence-corrected chi connectivity index (χ1v) is 6.57. The topological polar surface area (TPSA) is 45.7 Å². The van der Waals surface area contributed by atoms with Gasteiger partial charge in [0.05, 0.1) is 6.61 Å². The highest BCUT2D eigenvalue weighted by Gasteiger charge is 2.04. The monoisotopic (exact) mass is 267 g/mol. The average molecular weight is 267 g/mol. The van der Waals surface area contributed by atoms with E-state index in [0.717, 1.165) is 24.5 Å². The fraction of sp³-hybridized carbons (Fsp3) is 0.500. The summed E-state index contributed by atoms with van der Waals surface area (Å²) in [7, 11) is 1.71. The Morgan fingerprint density at radius 1 is 1.32 bits per heavy atom. The minimum absolute atomic E-state index is 0.291. The van der Waals surface area contributed by atoms with E-state index >= 15 is 0 Å². The number of aliphatic imine (C=N–C) groups is 1. The molecule has 0 aromatic heterocycles. The zero-order valence-electron chi connectivity index (χ0n) is 11.8. The van der Waals surface area contributed by atoms with Gasteiger partial charge in [0, 0.05) is 20.1 Å². The van der Waals surface area contributed by atoms with Crippen LogP contribution in [0.1, 0.15) is 25.8 Å². The number of nitrogens with zero attached hydrogens (tertiary/aromatic N) is 1. The van der Waals surface area contributed by atoms with Gasteiger partial charge < -0.3 is 15.4 Å². The zero-order valence-corrected chi connectivity index (χ0v) is 11.8. The number of hydrogen-bond donors (Lipinski definition) is 2. The molecular weight excluding hydrogens is 245 g/mol. The van der Waals surface area contributed by atoms with E-state index < -0.39 is 0 Å². The number of halogens is 1. The Bertz CT molecular complexity index is 421. The zero-order chi connectivity index (χ0) is 14.1. The molecular formula is C14H22FN3O. The lowest BCUT2D eigenvalue weighted by Crippen LogP contribution is -2.37. The lowest BCUT2D eigenvalue weighted by atomic mass is 10.2. The van der Waals surface area contributed by atoms with E-state index in [0.29, 0.717) is 18.9 Å². The number of rotatable bonds is 6. The second-order valence-electron chi connectivity index (χ2n) is 4.05. The second-order valence-corrected chi connectivity index (χ2v) is 4.05. The number of guanidine groups is 1. The summed E-state index contributed by atoms with van der Waals surface area (Å²) in [5.74, 6) is 0.675. The summed E-state index contributed by atoms with van der Waals surface area (Å²) < 4.78 is 18.8. The van der Waals surface area contributed by atoms with Crippen LogP contribution < -0.4 is 15.4 Å². The van der Waals surface area contributed by atoms with Gasteiger partial charge in [-0.1, -0.05) is 13.0 Å². The normalized spacial score (nSPS) is 11.3. The first-order valence-electron chi connectivity index (χ1n) is 6.57. The largest absolute Gasteiger partial charge is 0.491 e. The summed E-state index contributed by atoms with van der Waals surface area (Å²) in [6, 6.07) is 4.97. The molecule has 0 aliphatic rings. The van der Waals surface area contributed by atoms with Gasteiger partial charge in [0.15, 0.2) is 17.5 Å². The molecule has 0 bridgehead atoms. The van der Waals surface area contributed by atoms with Crippen LogP contribution >= 0.6 is 0 Å². The molecule has 1 rings (SSSR count). The van der Waals surface area contributed by atoms with Crippen molar-refractivity contribution in [1.82, 2.24) is 10.6 Å². The lowest BCUT2D eigenvalue weighted by molar-refractivity contribution is 0.321. The second kappa shape index (κ2) is 8.34. The van der Waals surface area contributed by atoms with Gasteiger partial charge in [-0.05, 0) is 31.0 Å². The molecule has 5 heteroatoms. The molecule has 4 nitrogen and oxygen atoms in total. The Balaban J connectivity index is 2.55. The molecule has 0 radical (unpaired) electrons. The molecule has 1 aromatic carbocycles. The number of ether oxygens (including phenoxy) is 1. The molecule has 0 atom stereocenters. The van der Waals surface area contributed by atoms with Gasteiger partial charge >= 0.3 is 0 Å². The van der Waals surface area contributed by atoms with Crippen LogP contribution in [0.25, 0.3) is 0 Å². The Morgan fingerprint density at radius 2 is 2.11 bits per heavy atom. The van der Waals surface area contributed by atoms with Crippen molar-refractivity contribution >= 4 is 5.96 Å². The molecule has 0 aliphatic carbocycles. The van der Waals surface area contributed by atoms with E-state index in [4.69, 9.17) is 4.74 Å². The maximum atomic E-state index is 13.6. The van der Waals surface area contributed by atoms with Crippen molar-refractivity contribution in [1.29, 1.82) is 0 Å². The summed E-state index contributed by atoms with van der Waals surface area (Å²) in [6.07, 6.45) is 1.03. The van der Waals surface area contributed by atoms with Crippen LogP contribution in [0.3, 0.4) is 0 Å². The van der Waals surface area contributed by atoms with Crippen LogP contribution in [-0.2, 0) is 6.54 Å². The molecule has 0 amide bonds. The molecule has 106 valence electrons. The molecule has 1 aromatic rings. The van der Waals surface area contributed by atoms with Crippen molar-refractivity contribution in [2.24, 2.45) is 4.99 Å². The van der Waals surface area contributed by atoms with Crippen LogP contribution in [0.4, 0.5) is 4.39 Å². The third-order valence-corrected chi connectivity index (χ3v) is 2.52. The molecule has 0 aliphatic heterocycles. The summed E-state index contributed by atoms with van der Waals surface area (Å²) in [5, 5.41) is 6.29. The van der Waals surface area contributed by atoms with Gasteiger partial charge in [0.25, 0.3) is 0 Å². The van der Waals surface area contributed by atoms with Crippen LogP contribution in [-0.4, -0.2) is 26.2 Å². The Labute approximate surface area is 114 Å². The number of hydrogen-bond acceptors (Lipinski definition) is 2. The van der Waals surface area contributed by atoms with Gasteiger partial charge in [-0.15, -0.1) is 0 Å². The first kappa shape index (κ1) is 15.3. The van der Waals surface area contributed by atoms with Gasteiger partial charge in [-0.2, -0.15) is 0 Å². The van der Waals surface area contributed by atoms with Gasteiger partial charge in [-0.25, -0.2) is 4.39 Å². The highest BCUT2D eigenvalue weighted by atomic mass is 19.1. The summed E-state index contributed by atoms with van der Waals surface area (Å²) in [5.41, 5.74) is 0.848. The minimum Gasteiger partial charge on any atom is -0.491 e. The molecule has 0 heterocycles. The Hall–Kier alpha value is -1.78. The first-order chi connectivity index (χ1) is 9.21. The van der Waals surface area contributed by atoms with Crippen molar-refractivity contribution < 1.29 is 9.13 Å². The van der Waals surface area contributed by atoms with Crippen molar-refractivity contribution in [2.75, 3.05) is 20.2 Å². The molecule has 0 saturated carbocycles. The van der Waals surface area contributed by atoms with E-state index in [2.05, 4.69) is 22.5 Å². The van der Waals surface area contributed by atoms with E-state index in [9.17, 15) is 4.39 Å². The lowest BCUT2D eigenvalue weighted by Gasteiger charge is -2.12. The molecule has 19 heavy (non-hydrogen) atoms. The van der Waals surface area contributed by atoms with Crippen molar-refractivity contribution in [2.45, 2.75) is 26.8 Å². The van der Waals surface area contributed by atoms with Crippen LogP contribution in [0.5, 0.6) is 5.75 Å². The number of benzene rings is 1. The van der Waals surface area contributed by atoms with Crippen molar-refractivity contribution in [3.63, 3.8) is 0 Å². The predicted molar refractivity (Wildman–Crippen MR) is 76.1 cm³/mol. The maximum Gasteiger partial charge on any atom is 0.191 e. The van der Waals surface area contributed by atoms with Crippen LogP contribution in [0, 0.1) is 5.82 Å². The maximum absolute atomic E-state index is 13.6. The van der Waals surface area contributed by atoms with Crippen molar-refractivity contribution in [3.05, 3.63) is 29.6 Å². The molecule has 2 N–H and O–H groups in total. The summed E-state index contributed by atoms with van der Waals surface area (Å²) >= 11 is 0. The van der Waals surface area contributed by atoms with Crippen LogP contribution in [0.2, 0.25) is 0 Å². The summed E-state index contributed by atoms with van der Waals surface area (Å²) in [4.78, 5) is 4.09. The third-order valence-electron chi connectivity index (χ3n) is 2.52. The highest BCUT2D eigenvalue weighted by molar-refractivity contribution is 5.79. The Morgan fingerprint density at radius 3 is 2.68 bits per heavy atom. The van der Waals surface area contributed by atoms with Gasteiger partial charge in [0.2, 0.25) is 0 Å². The highest BCUT2D eigenvalue weighted by Crippen LogP contribution is 2.18. The Kier molecular flexibility index (Phi) is 6.71. The summed E-state index contributed by atoms with van der Waals surface area (Å²) in [6.45, 7) is 5.76.